The number of nitrogens with one attached hydrogen (secondary N) is 2. The van der Waals surface area contributed by atoms with Crippen LogP contribution in [0.1, 0.15) is 44.9 Å². The zero-order valence-corrected chi connectivity index (χ0v) is 13.6. The van der Waals surface area contributed by atoms with Gasteiger partial charge in [0.05, 0.1) is 0 Å². The van der Waals surface area contributed by atoms with Crippen LogP contribution in [0.4, 0.5) is 0 Å². The average Bonchev–Trinajstić information content (AvgIpc) is 3.25. The second-order valence-corrected chi connectivity index (χ2v) is 5.93. The zero-order valence-electron chi connectivity index (χ0n) is 13.6. The summed E-state index contributed by atoms with van der Waals surface area (Å²) in [6.45, 7) is 1.49. The molecule has 124 valence electrons. The van der Waals surface area contributed by atoms with Crippen LogP contribution in [0, 0.1) is 0 Å². The van der Waals surface area contributed by atoms with Crippen molar-refractivity contribution in [1.82, 2.24) is 10.6 Å². The minimum atomic E-state index is 0.0634. The molecule has 0 spiro atoms. The molecule has 0 aliphatic heterocycles. The fourth-order valence-electron chi connectivity index (χ4n) is 2.64. The van der Waals surface area contributed by atoms with Crippen molar-refractivity contribution in [2.24, 2.45) is 0 Å². The lowest BCUT2D eigenvalue weighted by Gasteiger charge is -2.07. The van der Waals surface area contributed by atoms with Gasteiger partial charge in [0.2, 0.25) is 11.8 Å². The Morgan fingerprint density at radius 1 is 0.739 bits per heavy atom. The number of hydrogen-bond donors (Lipinski definition) is 2. The third-order valence-corrected chi connectivity index (χ3v) is 4.05. The summed E-state index contributed by atoms with van der Waals surface area (Å²) in [6.07, 6.45) is 18.5. The SMILES string of the molecule is O=C(NCCCCCCCNC(=O)C1=CC=CC1)C1=CC=CC1. The molecule has 2 amide bonds. The van der Waals surface area contributed by atoms with Crippen LogP contribution in [0.3, 0.4) is 0 Å². The Bertz CT molecular complexity index is 494. The van der Waals surface area contributed by atoms with Gasteiger partial charge in [-0.2, -0.15) is 0 Å². The van der Waals surface area contributed by atoms with Gasteiger partial charge in [-0.3, -0.25) is 9.59 Å². The van der Waals surface area contributed by atoms with Crippen molar-refractivity contribution in [3.05, 3.63) is 47.6 Å². The van der Waals surface area contributed by atoms with Gasteiger partial charge in [-0.25, -0.2) is 0 Å². The number of allylic oxidation sites excluding steroid dienone is 6. The second kappa shape index (κ2) is 9.82. The van der Waals surface area contributed by atoms with E-state index in [1.165, 1.54) is 0 Å². The molecule has 4 heteroatoms. The predicted octanol–water partition coefficient (Wildman–Crippen LogP) is 2.94. The fraction of sp³-hybridized carbons (Fsp3) is 0.474. The van der Waals surface area contributed by atoms with Crippen LogP contribution in [-0.2, 0) is 9.59 Å². The monoisotopic (exact) mass is 314 g/mol. The molecule has 23 heavy (non-hydrogen) atoms. The van der Waals surface area contributed by atoms with Crippen LogP contribution >= 0.6 is 0 Å². The topological polar surface area (TPSA) is 58.2 Å². The Morgan fingerprint density at radius 3 is 1.57 bits per heavy atom. The molecule has 4 nitrogen and oxygen atoms in total. The van der Waals surface area contributed by atoms with E-state index in [1.54, 1.807) is 0 Å². The van der Waals surface area contributed by atoms with E-state index in [1.807, 2.05) is 36.5 Å². The van der Waals surface area contributed by atoms with Gasteiger partial charge in [0.1, 0.15) is 0 Å². The van der Waals surface area contributed by atoms with Crippen molar-refractivity contribution in [1.29, 1.82) is 0 Å². The summed E-state index contributed by atoms with van der Waals surface area (Å²) in [4.78, 5) is 23.4. The summed E-state index contributed by atoms with van der Waals surface area (Å²) >= 11 is 0. The van der Waals surface area contributed by atoms with Crippen molar-refractivity contribution in [3.8, 4) is 0 Å². The molecule has 2 aliphatic carbocycles. The molecule has 2 aliphatic rings. The van der Waals surface area contributed by atoms with Gasteiger partial charge in [-0.15, -0.1) is 0 Å². The Kier molecular flexibility index (Phi) is 7.37. The highest BCUT2D eigenvalue weighted by atomic mass is 16.2. The van der Waals surface area contributed by atoms with Gasteiger partial charge in [0.15, 0.2) is 0 Å². The molecule has 0 saturated carbocycles. The van der Waals surface area contributed by atoms with Crippen LogP contribution in [0.2, 0.25) is 0 Å². The zero-order chi connectivity index (χ0) is 16.3. The quantitative estimate of drug-likeness (QED) is 0.609. The van der Waals surface area contributed by atoms with Gasteiger partial charge in [-0.1, -0.05) is 55.7 Å². The maximum absolute atomic E-state index is 11.7. The Balaban J connectivity index is 1.38. The average molecular weight is 314 g/mol. The van der Waals surface area contributed by atoms with Crippen LogP contribution < -0.4 is 10.6 Å². The van der Waals surface area contributed by atoms with Crippen LogP contribution in [-0.4, -0.2) is 24.9 Å². The third kappa shape index (κ3) is 6.27. The van der Waals surface area contributed by atoms with Crippen LogP contribution in [0.25, 0.3) is 0 Å². The normalized spacial score (nSPS) is 15.5. The largest absolute Gasteiger partial charge is 0.352 e. The molecule has 0 aromatic rings. The molecule has 0 heterocycles. The molecule has 0 aromatic carbocycles. The first-order valence-electron chi connectivity index (χ1n) is 8.55. The molecular weight excluding hydrogens is 288 g/mol. The van der Waals surface area contributed by atoms with Crippen LogP contribution in [0.5, 0.6) is 0 Å². The molecule has 0 aromatic heterocycles. The first-order valence-corrected chi connectivity index (χ1v) is 8.55. The van der Waals surface area contributed by atoms with Crippen molar-refractivity contribution >= 4 is 11.8 Å². The number of rotatable bonds is 10. The molecule has 0 saturated heterocycles. The summed E-state index contributed by atoms with van der Waals surface area (Å²) in [5.41, 5.74) is 1.71. The molecule has 2 N–H and O–H groups in total. The maximum atomic E-state index is 11.7. The summed E-state index contributed by atoms with van der Waals surface area (Å²) in [5.74, 6) is 0.127. The van der Waals surface area contributed by atoms with Crippen LogP contribution in [0.15, 0.2) is 47.6 Å². The highest BCUT2D eigenvalue weighted by Crippen LogP contribution is 2.11. The summed E-state index contributed by atoms with van der Waals surface area (Å²) < 4.78 is 0. The number of carbonyl (C=O) groups is 2. The standard InChI is InChI=1S/C19H26N2O2/c22-18(16-10-4-5-11-16)20-14-8-2-1-3-9-15-21-19(23)17-12-6-7-13-17/h4-7,10,12H,1-3,8-9,11,13-15H2,(H,20,22)(H,21,23). The van der Waals surface area contributed by atoms with E-state index in [-0.39, 0.29) is 11.8 Å². The molecule has 2 rings (SSSR count). The first kappa shape index (κ1) is 17.3. The lowest BCUT2D eigenvalue weighted by Crippen LogP contribution is -2.25. The Labute approximate surface area is 138 Å². The minimum absolute atomic E-state index is 0.0634. The summed E-state index contributed by atoms with van der Waals surface area (Å²) in [6, 6.07) is 0. The Hall–Kier alpha value is -2.10. The molecular formula is C19H26N2O2. The number of hydrogen-bond acceptors (Lipinski definition) is 2. The van der Waals surface area contributed by atoms with E-state index in [9.17, 15) is 9.59 Å². The summed E-state index contributed by atoms with van der Waals surface area (Å²) in [5, 5.41) is 5.91. The van der Waals surface area contributed by atoms with Gasteiger partial charge in [0.25, 0.3) is 0 Å². The molecule has 0 radical (unpaired) electrons. The Morgan fingerprint density at radius 2 is 1.17 bits per heavy atom. The fourth-order valence-corrected chi connectivity index (χ4v) is 2.64. The number of carbonyl (C=O) groups excluding carboxylic acids is 2. The second-order valence-electron chi connectivity index (χ2n) is 5.93. The lowest BCUT2D eigenvalue weighted by atomic mass is 10.1. The molecule has 0 unspecified atom stereocenters. The van der Waals surface area contributed by atoms with Crippen molar-refractivity contribution in [2.45, 2.75) is 44.9 Å². The third-order valence-electron chi connectivity index (χ3n) is 4.05. The highest BCUT2D eigenvalue weighted by Gasteiger charge is 2.09. The van der Waals surface area contributed by atoms with E-state index >= 15 is 0 Å². The maximum Gasteiger partial charge on any atom is 0.247 e. The van der Waals surface area contributed by atoms with E-state index in [0.717, 1.165) is 69.2 Å². The van der Waals surface area contributed by atoms with E-state index in [0.29, 0.717) is 0 Å². The van der Waals surface area contributed by atoms with Gasteiger partial charge in [0, 0.05) is 24.2 Å². The smallest absolute Gasteiger partial charge is 0.247 e. The van der Waals surface area contributed by atoms with Crippen molar-refractivity contribution < 1.29 is 9.59 Å². The van der Waals surface area contributed by atoms with Gasteiger partial charge < -0.3 is 10.6 Å². The van der Waals surface area contributed by atoms with Crippen molar-refractivity contribution in [3.63, 3.8) is 0 Å². The highest BCUT2D eigenvalue weighted by molar-refractivity contribution is 5.95. The van der Waals surface area contributed by atoms with E-state index in [2.05, 4.69) is 10.6 Å². The number of unbranched alkanes of at least 4 members (excludes halogenated alkanes) is 4. The van der Waals surface area contributed by atoms with Gasteiger partial charge >= 0.3 is 0 Å². The van der Waals surface area contributed by atoms with Crippen molar-refractivity contribution in [2.75, 3.05) is 13.1 Å². The molecule has 0 fully saturated rings. The minimum Gasteiger partial charge on any atom is -0.352 e. The first-order chi connectivity index (χ1) is 11.3. The van der Waals surface area contributed by atoms with E-state index < -0.39 is 0 Å². The molecule has 0 atom stereocenters. The van der Waals surface area contributed by atoms with E-state index in [4.69, 9.17) is 0 Å². The summed E-state index contributed by atoms with van der Waals surface area (Å²) in [7, 11) is 0. The number of amides is 2. The molecule has 0 bridgehead atoms. The predicted molar refractivity (Wildman–Crippen MR) is 92.8 cm³/mol. The lowest BCUT2D eigenvalue weighted by molar-refractivity contribution is -0.118. The van der Waals surface area contributed by atoms with Gasteiger partial charge in [-0.05, 0) is 25.7 Å².